The van der Waals surface area contributed by atoms with Gasteiger partial charge in [0.05, 0.1) is 0 Å². The minimum atomic E-state index is 0.601. The molecule has 1 saturated carbocycles. The van der Waals surface area contributed by atoms with Crippen molar-refractivity contribution in [2.75, 3.05) is 18.0 Å². The van der Waals surface area contributed by atoms with Crippen molar-refractivity contribution < 1.29 is 0 Å². The van der Waals surface area contributed by atoms with E-state index in [1.165, 1.54) is 38.0 Å². The monoisotopic (exact) mass is 272 g/mol. The molecule has 0 bridgehead atoms. The summed E-state index contributed by atoms with van der Waals surface area (Å²) in [5.74, 6) is 1.61. The second-order valence-corrected chi connectivity index (χ2v) is 7.06. The molecule has 0 saturated heterocycles. The summed E-state index contributed by atoms with van der Waals surface area (Å²) in [7, 11) is 0. The second kappa shape index (κ2) is 5.77. The van der Waals surface area contributed by atoms with Crippen LogP contribution in [0.1, 0.15) is 39.2 Å². The molecule has 1 fully saturated rings. The molecule has 2 aliphatic rings. The van der Waals surface area contributed by atoms with Crippen LogP contribution in [0.4, 0.5) is 5.69 Å². The maximum Gasteiger partial charge on any atom is 0.0401 e. The van der Waals surface area contributed by atoms with E-state index >= 15 is 0 Å². The zero-order chi connectivity index (χ0) is 14.1. The molecule has 3 rings (SSSR count). The maximum atomic E-state index is 3.63. The van der Waals surface area contributed by atoms with Gasteiger partial charge in [-0.3, -0.25) is 0 Å². The first-order valence-electron chi connectivity index (χ1n) is 8.23. The summed E-state index contributed by atoms with van der Waals surface area (Å²) < 4.78 is 0. The Morgan fingerprint density at radius 2 is 2.05 bits per heavy atom. The van der Waals surface area contributed by atoms with Crippen molar-refractivity contribution in [3.8, 4) is 0 Å². The van der Waals surface area contributed by atoms with Crippen LogP contribution in [0.5, 0.6) is 0 Å². The number of hydrogen-bond acceptors (Lipinski definition) is 2. The van der Waals surface area contributed by atoms with Crippen LogP contribution >= 0.6 is 0 Å². The highest BCUT2D eigenvalue weighted by molar-refractivity contribution is 5.57. The summed E-state index contributed by atoms with van der Waals surface area (Å²) in [4.78, 5) is 2.71. The molecule has 110 valence electrons. The summed E-state index contributed by atoms with van der Waals surface area (Å²) >= 11 is 0. The Labute approximate surface area is 123 Å². The third kappa shape index (κ3) is 2.71. The lowest BCUT2D eigenvalue weighted by molar-refractivity contribution is 0.221. The molecule has 3 unspecified atom stereocenters. The summed E-state index contributed by atoms with van der Waals surface area (Å²) in [6.45, 7) is 9.29. The van der Waals surface area contributed by atoms with E-state index < -0.39 is 0 Å². The predicted molar refractivity (Wildman–Crippen MR) is 86.3 cm³/mol. The minimum Gasteiger partial charge on any atom is -0.368 e. The number of nitrogens with zero attached hydrogens (tertiary/aromatic N) is 1. The topological polar surface area (TPSA) is 15.3 Å². The van der Waals surface area contributed by atoms with Crippen LogP contribution in [-0.2, 0) is 6.42 Å². The molecule has 1 heterocycles. The van der Waals surface area contributed by atoms with E-state index in [9.17, 15) is 0 Å². The van der Waals surface area contributed by atoms with Gasteiger partial charge in [-0.15, -0.1) is 0 Å². The van der Waals surface area contributed by atoms with E-state index in [1.807, 2.05) is 0 Å². The molecule has 0 aromatic heterocycles. The van der Waals surface area contributed by atoms with Crippen LogP contribution in [0.3, 0.4) is 0 Å². The normalized spacial score (nSPS) is 29.2. The second-order valence-electron chi connectivity index (χ2n) is 7.06. The molecule has 1 N–H and O–H groups in total. The van der Waals surface area contributed by atoms with Gasteiger partial charge in [0.2, 0.25) is 0 Å². The minimum absolute atomic E-state index is 0.601. The van der Waals surface area contributed by atoms with Crippen LogP contribution in [0, 0.1) is 11.8 Å². The lowest BCUT2D eigenvalue weighted by Crippen LogP contribution is -2.54. The van der Waals surface area contributed by atoms with Gasteiger partial charge in [0.15, 0.2) is 0 Å². The van der Waals surface area contributed by atoms with Gasteiger partial charge in [0, 0.05) is 30.9 Å². The molecule has 3 atom stereocenters. The summed E-state index contributed by atoms with van der Waals surface area (Å²) in [5.41, 5.74) is 3.05. The van der Waals surface area contributed by atoms with Crippen LogP contribution in [-0.4, -0.2) is 25.2 Å². The Balaban J connectivity index is 1.74. The lowest BCUT2D eigenvalue weighted by atomic mass is 9.76. The maximum absolute atomic E-state index is 3.63. The number of nitrogens with one attached hydrogen (secondary N) is 1. The zero-order valence-electron chi connectivity index (χ0n) is 13.1. The molecule has 2 heteroatoms. The highest BCUT2D eigenvalue weighted by atomic mass is 15.2. The molecule has 1 aromatic rings. The number of hydrogen-bond donors (Lipinski definition) is 1. The molecular weight excluding hydrogens is 244 g/mol. The van der Waals surface area contributed by atoms with Crippen LogP contribution in [0.15, 0.2) is 24.3 Å². The summed E-state index contributed by atoms with van der Waals surface area (Å²) in [6, 6.07) is 10.4. The highest BCUT2D eigenvalue weighted by Crippen LogP contribution is 2.39. The number of benzene rings is 1. The highest BCUT2D eigenvalue weighted by Gasteiger charge is 2.38. The van der Waals surface area contributed by atoms with Crippen molar-refractivity contribution in [1.29, 1.82) is 0 Å². The Morgan fingerprint density at radius 3 is 2.75 bits per heavy atom. The van der Waals surface area contributed by atoms with Gasteiger partial charge in [-0.2, -0.15) is 0 Å². The predicted octanol–water partition coefficient (Wildman–Crippen LogP) is 3.46. The summed E-state index contributed by atoms with van der Waals surface area (Å²) in [6.07, 6.45) is 4.00. The van der Waals surface area contributed by atoms with Crippen LogP contribution < -0.4 is 10.2 Å². The van der Waals surface area contributed by atoms with Gasteiger partial charge in [0.1, 0.15) is 0 Å². The Morgan fingerprint density at radius 1 is 1.25 bits per heavy atom. The summed E-state index contributed by atoms with van der Waals surface area (Å²) in [5, 5.41) is 3.63. The molecule has 0 radical (unpaired) electrons. The average molecular weight is 272 g/mol. The number of para-hydroxylation sites is 1. The van der Waals surface area contributed by atoms with Crippen molar-refractivity contribution in [3.63, 3.8) is 0 Å². The van der Waals surface area contributed by atoms with Gasteiger partial charge < -0.3 is 10.2 Å². The first-order valence-corrected chi connectivity index (χ1v) is 8.23. The van der Waals surface area contributed by atoms with E-state index in [4.69, 9.17) is 0 Å². The Bertz CT molecular complexity index is 454. The lowest BCUT2D eigenvalue weighted by Gasteiger charge is -2.49. The van der Waals surface area contributed by atoms with Gasteiger partial charge >= 0.3 is 0 Å². The van der Waals surface area contributed by atoms with Gasteiger partial charge in [-0.1, -0.05) is 39.0 Å². The number of rotatable bonds is 4. The molecule has 2 nitrogen and oxygen atoms in total. The van der Waals surface area contributed by atoms with Gasteiger partial charge in [-0.25, -0.2) is 0 Å². The third-order valence-corrected chi connectivity index (χ3v) is 4.94. The third-order valence-electron chi connectivity index (χ3n) is 4.94. The zero-order valence-corrected chi connectivity index (χ0v) is 13.1. The van der Waals surface area contributed by atoms with E-state index in [0.29, 0.717) is 6.04 Å². The number of fused-ring (bicyclic) bond motifs is 1. The van der Waals surface area contributed by atoms with Crippen LogP contribution in [0.25, 0.3) is 0 Å². The fraction of sp³-hybridized carbons (Fsp3) is 0.667. The molecule has 1 aliphatic heterocycles. The fourth-order valence-corrected chi connectivity index (χ4v) is 3.74. The van der Waals surface area contributed by atoms with E-state index in [0.717, 1.165) is 17.9 Å². The molecule has 20 heavy (non-hydrogen) atoms. The van der Waals surface area contributed by atoms with E-state index in [2.05, 4.69) is 55.3 Å². The van der Waals surface area contributed by atoms with Crippen molar-refractivity contribution >= 4 is 5.69 Å². The largest absolute Gasteiger partial charge is 0.368 e. The average Bonchev–Trinajstić information content (AvgIpc) is 2.37. The van der Waals surface area contributed by atoms with Crippen molar-refractivity contribution in [2.24, 2.45) is 11.8 Å². The van der Waals surface area contributed by atoms with Crippen molar-refractivity contribution in [2.45, 2.75) is 52.1 Å². The van der Waals surface area contributed by atoms with E-state index in [1.54, 1.807) is 5.56 Å². The molecule has 0 amide bonds. The quantitative estimate of drug-likeness (QED) is 0.903. The van der Waals surface area contributed by atoms with E-state index in [-0.39, 0.29) is 0 Å². The molecule has 1 aliphatic carbocycles. The first kappa shape index (κ1) is 13.9. The van der Waals surface area contributed by atoms with Crippen molar-refractivity contribution in [3.05, 3.63) is 29.8 Å². The number of anilines is 1. The van der Waals surface area contributed by atoms with Gasteiger partial charge in [0.25, 0.3) is 0 Å². The Hall–Kier alpha value is -1.02. The molecular formula is C18H28N2. The standard InChI is InChI=1S/C18H28N2/c1-13(2)19-11-16-8-9-18(16)20-12-14(3)10-15-6-4-5-7-17(15)20/h4-7,13-14,16,18-19H,8-12H2,1-3H3. The van der Waals surface area contributed by atoms with Crippen LogP contribution in [0.2, 0.25) is 0 Å². The molecule has 1 aromatic carbocycles. The molecule has 0 spiro atoms. The Kier molecular flexibility index (Phi) is 4.02. The SMILES string of the molecule is CC1Cc2ccccc2N(C2CCC2CNC(C)C)C1. The first-order chi connectivity index (χ1) is 9.65. The fourth-order valence-electron chi connectivity index (χ4n) is 3.74. The van der Waals surface area contributed by atoms with Crippen molar-refractivity contribution in [1.82, 2.24) is 5.32 Å². The smallest absolute Gasteiger partial charge is 0.0401 e. The van der Waals surface area contributed by atoms with Gasteiger partial charge in [-0.05, 0) is 42.7 Å².